The zero-order valence-electron chi connectivity index (χ0n) is 10.4. The van der Waals surface area contributed by atoms with Crippen LogP contribution in [0.3, 0.4) is 0 Å². The molecule has 0 atom stereocenters. The molecule has 0 aliphatic carbocycles. The van der Waals surface area contributed by atoms with Crippen molar-refractivity contribution in [2.45, 2.75) is 10.1 Å². The number of carboxylic acids is 1. The third-order valence-corrected chi connectivity index (χ3v) is 3.83. The van der Waals surface area contributed by atoms with Crippen molar-refractivity contribution < 1.29 is 9.90 Å². The summed E-state index contributed by atoms with van der Waals surface area (Å²) in [6.07, 6.45) is 3.37. The molecule has 20 heavy (non-hydrogen) atoms. The van der Waals surface area contributed by atoms with Crippen molar-refractivity contribution in [3.05, 3.63) is 60.4 Å². The SMILES string of the molecule is O=C(O)c1ccc(Sc2ncccn2)c2ccccc12. The third kappa shape index (κ3) is 2.35. The summed E-state index contributed by atoms with van der Waals surface area (Å²) >= 11 is 1.42. The molecule has 0 saturated heterocycles. The second-order valence-electron chi connectivity index (χ2n) is 4.10. The Hall–Kier alpha value is -2.40. The van der Waals surface area contributed by atoms with Crippen LogP contribution in [0.1, 0.15) is 10.4 Å². The molecule has 0 spiro atoms. The molecule has 2 aromatic carbocycles. The molecular weight excluding hydrogens is 272 g/mol. The number of benzene rings is 2. The van der Waals surface area contributed by atoms with Crippen LogP contribution in [0.25, 0.3) is 10.8 Å². The summed E-state index contributed by atoms with van der Waals surface area (Å²) < 4.78 is 0. The zero-order chi connectivity index (χ0) is 13.9. The molecule has 0 amide bonds. The number of carboxylic acid groups (broad SMARTS) is 1. The Morgan fingerprint density at radius 1 is 0.950 bits per heavy atom. The molecule has 0 saturated carbocycles. The number of aromatic carboxylic acids is 1. The lowest BCUT2D eigenvalue weighted by atomic mass is 10.0. The first kappa shape index (κ1) is 12.6. The highest BCUT2D eigenvalue weighted by molar-refractivity contribution is 7.99. The standard InChI is InChI=1S/C15H10N2O2S/c18-14(19)12-6-7-13(11-5-2-1-4-10(11)12)20-15-16-8-3-9-17-15/h1-9H,(H,18,19). The van der Waals surface area contributed by atoms with E-state index in [1.165, 1.54) is 11.8 Å². The Kier molecular flexibility index (Phi) is 3.35. The average molecular weight is 282 g/mol. The number of hydrogen-bond acceptors (Lipinski definition) is 4. The topological polar surface area (TPSA) is 63.1 Å². The number of carbonyl (C=O) groups is 1. The van der Waals surface area contributed by atoms with Gasteiger partial charge in [0.2, 0.25) is 0 Å². The fourth-order valence-electron chi connectivity index (χ4n) is 1.98. The maximum atomic E-state index is 11.3. The van der Waals surface area contributed by atoms with Gasteiger partial charge in [-0.3, -0.25) is 0 Å². The van der Waals surface area contributed by atoms with Crippen molar-refractivity contribution in [3.63, 3.8) is 0 Å². The van der Waals surface area contributed by atoms with E-state index in [9.17, 15) is 9.90 Å². The van der Waals surface area contributed by atoms with Gasteiger partial charge >= 0.3 is 5.97 Å². The molecule has 1 N–H and O–H groups in total. The van der Waals surface area contributed by atoms with Crippen LogP contribution in [-0.2, 0) is 0 Å². The second kappa shape index (κ2) is 5.30. The van der Waals surface area contributed by atoms with Crippen molar-refractivity contribution in [3.8, 4) is 0 Å². The molecule has 0 radical (unpaired) electrons. The molecule has 1 heterocycles. The van der Waals surface area contributed by atoms with E-state index in [4.69, 9.17) is 0 Å². The number of fused-ring (bicyclic) bond motifs is 1. The highest BCUT2D eigenvalue weighted by atomic mass is 32.2. The lowest BCUT2D eigenvalue weighted by molar-refractivity contribution is 0.0699. The van der Waals surface area contributed by atoms with Crippen molar-refractivity contribution in [2.75, 3.05) is 0 Å². The molecule has 0 bridgehead atoms. The summed E-state index contributed by atoms with van der Waals surface area (Å²) in [6, 6.07) is 12.6. The summed E-state index contributed by atoms with van der Waals surface area (Å²) in [5.41, 5.74) is 0.305. The summed E-state index contributed by atoms with van der Waals surface area (Å²) in [5.74, 6) is -0.922. The van der Waals surface area contributed by atoms with Crippen molar-refractivity contribution in [2.24, 2.45) is 0 Å². The van der Waals surface area contributed by atoms with E-state index in [1.807, 2.05) is 24.3 Å². The summed E-state index contributed by atoms with van der Waals surface area (Å²) in [5, 5.41) is 11.5. The van der Waals surface area contributed by atoms with Crippen LogP contribution in [-0.4, -0.2) is 21.0 Å². The molecule has 3 rings (SSSR count). The van der Waals surface area contributed by atoms with Gasteiger partial charge in [-0.2, -0.15) is 0 Å². The van der Waals surface area contributed by atoms with Gasteiger partial charge in [0.25, 0.3) is 0 Å². The van der Waals surface area contributed by atoms with Crippen LogP contribution in [0.4, 0.5) is 0 Å². The lowest BCUT2D eigenvalue weighted by Gasteiger charge is -2.07. The van der Waals surface area contributed by atoms with E-state index in [-0.39, 0.29) is 0 Å². The van der Waals surface area contributed by atoms with Crippen molar-refractivity contribution in [1.82, 2.24) is 9.97 Å². The first-order valence-electron chi connectivity index (χ1n) is 5.95. The van der Waals surface area contributed by atoms with Gasteiger partial charge in [0.05, 0.1) is 5.56 Å². The van der Waals surface area contributed by atoms with Gasteiger partial charge in [0.15, 0.2) is 5.16 Å². The Bertz CT molecular complexity index is 775. The Labute approximate surface area is 119 Å². The van der Waals surface area contributed by atoms with Gasteiger partial charge in [-0.25, -0.2) is 14.8 Å². The predicted molar refractivity (Wildman–Crippen MR) is 77.1 cm³/mol. The minimum absolute atomic E-state index is 0.305. The summed E-state index contributed by atoms with van der Waals surface area (Å²) in [7, 11) is 0. The van der Waals surface area contributed by atoms with Gasteiger partial charge in [0.1, 0.15) is 0 Å². The van der Waals surface area contributed by atoms with Gasteiger partial charge in [0, 0.05) is 17.3 Å². The number of hydrogen-bond donors (Lipinski definition) is 1. The van der Waals surface area contributed by atoms with E-state index >= 15 is 0 Å². The van der Waals surface area contributed by atoms with E-state index in [1.54, 1.807) is 30.6 Å². The summed E-state index contributed by atoms with van der Waals surface area (Å²) in [6.45, 7) is 0. The molecule has 0 fully saturated rings. The normalized spacial score (nSPS) is 10.6. The molecule has 4 nitrogen and oxygen atoms in total. The van der Waals surface area contributed by atoms with Crippen LogP contribution < -0.4 is 0 Å². The maximum absolute atomic E-state index is 11.3. The first-order chi connectivity index (χ1) is 9.75. The number of rotatable bonds is 3. The first-order valence-corrected chi connectivity index (χ1v) is 6.77. The van der Waals surface area contributed by atoms with Crippen molar-refractivity contribution in [1.29, 1.82) is 0 Å². The lowest BCUT2D eigenvalue weighted by Crippen LogP contribution is -1.97. The molecule has 0 unspecified atom stereocenters. The quantitative estimate of drug-likeness (QED) is 0.745. The van der Waals surface area contributed by atoms with Crippen LogP contribution in [0, 0.1) is 0 Å². The minimum atomic E-state index is -0.922. The van der Waals surface area contributed by atoms with Gasteiger partial charge in [-0.15, -0.1) is 0 Å². The van der Waals surface area contributed by atoms with Gasteiger partial charge < -0.3 is 5.11 Å². The average Bonchev–Trinajstić information content (AvgIpc) is 2.48. The highest BCUT2D eigenvalue weighted by Gasteiger charge is 2.12. The van der Waals surface area contributed by atoms with Crippen LogP contribution in [0.2, 0.25) is 0 Å². The Morgan fingerprint density at radius 2 is 1.65 bits per heavy atom. The third-order valence-electron chi connectivity index (χ3n) is 2.86. The van der Waals surface area contributed by atoms with Crippen LogP contribution in [0.15, 0.2) is 64.9 Å². The van der Waals surface area contributed by atoms with E-state index in [0.29, 0.717) is 10.7 Å². The van der Waals surface area contributed by atoms with E-state index in [2.05, 4.69) is 9.97 Å². The minimum Gasteiger partial charge on any atom is -0.478 e. The van der Waals surface area contributed by atoms with Crippen LogP contribution >= 0.6 is 11.8 Å². The second-order valence-corrected chi connectivity index (χ2v) is 5.10. The van der Waals surface area contributed by atoms with E-state index < -0.39 is 5.97 Å². The monoisotopic (exact) mass is 282 g/mol. The fraction of sp³-hybridized carbons (Fsp3) is 0. The van der Waals surface area contributed by atoms with Crippen molar-refractivity contribution >= 4 is 28.5 Å². The fourth-order valence-corrected chi connectivity index (χ4v) is 2.83. The smallest absolute Gasteiger partial charge is 0.336 e. The Morgan fingerprint density at radius 3 is 2.35 bits per heavy atom. The maximum Gasteiger partial charge on any atom is 0.336 e. The number of aromatic nitrogens is 2. The Balaban J connectivity index is 2.13. The van der Waals surface area contributed by atoms with Gasteiger partial charge in [-0.1, -0.05) is 24.3 Å². The zero-order valence-corrected chi connectivity index (χ0v) is 11.2. The molecule has 0 aliphatic rings. The van der Waals surface area contributed by atoms with E-state index in [0.717, 1.165) is 15.7 Å². The molecular formula is C15H10N2O2S. The molecule has 98 valence electrons. The number of nitrogens with zero attached hydrogens (tertiary/aromatic N) is 2. The van der Waals surface area contributed by atoms with Crippen LogP contribution in [0.5, 0.6) is 0 Å². The molecule has 0 aliphatic heterocycles. The molecule has 3 aromatic rings. The largest absolute Gasteiger partial charge is 0.478 e. The highest BCUT2D eigenvalue weighted by Crippen LogP contribution is 2.33. The molecule has 5 heteroatoms. The van der Waals surface area contributed by atoms with Gasteiger partial charge in [-0.05, 0) is 40.7 Å². The predicted octanol–water partition coefficient (Wildman–Crippen LogP) is 3.48. The molecule has 1 aromatic heterocycles. The summed E-state index contributed by atoms with van der Waals surface area (Å²) in [4.78, 5) is 20.5.